The van der Waals surface area contributed by atoms with E-state index in [1.165, 1.54) is 11.1 Å². The van der Waals surface area contributed by atoms with Gasteiger partial charge in [0.1, 0.15) is 5.75 Å². The molecule has 0 atom stereocenters. The number of ether oxygens (including phenoxy) is 1. The van der Waals surface area contributed by atoms with E-state index in [4.69, 9.17) is 9.15 Å². The molecule has 4 aromatic rings. The van der Waals surface area contributed by atoms with Crippen molar-refractivity contribution in [1.82, 2.24) is 15.1 Å². The monoisotopic (exact) mass is 534 g/mol. The molecule has 1 fully saturated rings. The Morgan fingerprint density at radius 2 is 1.68 bits per heavy atom. The summed E-state index contributed by atoms with van der Waals surface area (Å²) in [6, 6.07) is 18.6. The number of benzene rings is 3. The van der Waals surface area contributed by atoms with Gasteiger partial charge in [0.2, 0.25) is 11.8 Å². The van der Waals surface area contributed by atoms with Gasteiger partial charge in [-0.15, -0.1) is 10.2 Å². The lowest BCUT2D eigenvalue weighted by atomic mass is 9.69. The number of likely N-dealkylation sites (tertiary alicyclic amines) is 1. The molecule has 0 radical (unpaired) electrons. The van der Waals surface area contributed by atoms with Crippen LogP contribution in [0.3, 0.4) is 0 Å². The van der Waals surface area contributed by atoms with Crippen molar-refractivity contribution in [1.29, 1.82) is 0 Å². The van der Waals surface area contributed by atoms with E-state index in [0.717, 1.165) is 79.1 Å². The van der Waals surface area contributed by atoms with Gasteiger partial charge in [0.15, 0.2) is 0 Å². The van der Waals surface area contributed by atoms with Gasteiger partial charge in [-0.1, -0.05) is 18.2 Å². The Kier molecular flexibility index (Phi) is 6.00. The van der Waals surface area contributed by atoms with E-state index in [-0.39, 0.29) is 11.3 Å². The van der Waals surface area contributed by atoms with Crippen molar-refractivity contribution in [3.05, 3.63) is 82.7 Å². The number of nitrogens with zero attached hydrogens (tertiary/aromatic N) is 4. The van der Waals surface area contributed by atoms with E-state index in [1.807, 2.05) is 35.2 Å². The average molecular weight is 535 g/mol. The molecule has 204 valence electrons. The van der Waals surface area contributed by atoms with Gasteiger partial charge in [-0.25, -0.2) is 0 Å². The number of carbonyl (C=O) groups is 1. The standard InChI is InChI=1S/C33H34N4O3/c1-21-18-26(31-35-34-22(2)40-31)8-9-27(21)23-4-6-24(7-5-23)32(38)37-14-10-25-19-30-28(20-29(25)37)33(13-17-39-30)11-15-36(3)16-12-33/h4-9,18-20H,10-17H2,1-3H3. The molecule has 7 nitrogen and oxygen atoms in total. The number of aryl methyl sites for hydroxylation is 2. The predicted molar refractivity (Wildman–Crippen MR) is 155 cm³/mol. The molecule has 0 unspecified atom stereocenters. The van der Waals surface area contributed by atoms with Gasteiger partial charge >= 0.3 is 0 Å². The van der Waals surface area contributed by atoms with Crippen molar-refractivity contribution in [2.24, 2.45) is 0 Å². The zero-order valence-corrected chi connectivity index (χ0v) is 23.4. The molecule has 1 amide bonds. The fourth-order valence-corrected chi connectivity index (χ4v) is 6.70. The summed E-state index contributed by atoms with van der Waals surface area (Å²) in [5.74, 6) is 2.16. The first-order chi connectivity index (χ1) is 19.4. The largest absolute Gasteiger partial charge is 0.493 e. The third-order valence-corrected chi connectivity index (χ3v) is 9.12. The van der Waals surface area contributed by atoms with Gasteiger partial charge in [-0.05, 0) is 111 Å². The molecule has 0 bridgehead atoms. The van der Waals surface area contributed by atoms with Gasteiger partial charge in [-0.3, -0.25) is 4.79 Å². The quantitative estimate of drug-likeness (QED) is 0.323. The van der Waals surface area contributed by atoms with Crippen LogP contribution in [0.2, 0.25) is 0 Å². The summed E-state index contributed by atoms with van der Waals surface area (Å²) < 4.78 is 11.7. The van der Waals surface area contributed by atoms with Crippen LogP contribution < -0.4 is 9.64 Å². The number of rotatable bonds is 3. The topological polar surface area (TPSA) is 71.7 Å². The molecule has 0 N–H and O–H groups in total. The van der Waals surface area contributed by atoms with Crippen LogP contribution in [0.4, 0.5) is 5.69 Å². The SMILES string of the molecule is Cc1nnc(-c2ccc(-c3ccc(C(=O)N4CCc5cc6c(cc54)C4(CCO6)CCN(C)CC4)cc3)c(C)c2)o1. The lowest BCUT2D eigenvalue weighted by molar-refractivity contribution is 0.0989. The van der Waals surface area contributed by atoms with Crippen LogP contribution >= 0.6 is 0 Å². The maximum atomic E-state index is 13.8. The van der Waals surface area contributed by atoms with Crippen LogP contribution in [-0.4, -0.2) is 54.3 Å². The van der Waals surface area contributed by atoms with Gasteiger partial charge in [-0.2, -0.15) is 0 Å². The minimum absolute atomic E-state index is 0.0539. The van der Waals surface area contributed by atoms with E-state index < -0.39 is 0 Å². The number of hydrogen-bond acceptors (Lipinski definition) is 6. The first-order valence-electron chi connectivity index (χ1n) is 14.2. The van der Waals surface area contributed by atoms with Crippen molar-refractivity contribution < 1.29 is 13.9 Å². The number of carbonyl (C=O) groups excluding carboxylic acids is 1. The van der Waals surface area contributed by atoms with Crippen molar-refractivity contribution in [2.45, 2.75) is 44.9 Å². The summed E-state index contributed by atoms with van der Waals surface area (Å²) in [7, 11) is 2.20. The fraction of sp³-hybridized carbons (Fsp3) is 0.364. The van der Waals surface area contributed by atoms with Crippen LogP contribution in [0.15, 0.2) is 59.0 Å². The highest BCUT2D eigenvalue weighted by atomic mass is 16.5. The third kappa shape index (κ3) is 4.20. The molecular weight excluding hydrogens is 500 g/mol. The molecule has 4 heterocycles. The van der Waals surface area contributed by atoms with E-state index in [2.05, 4.69) is 53.3 Å². The van der Waals surface area contributed by atoms with Crippen LogP contribution in [-0.2, 0) is 11.8 Å². The lowest BCUT2D eigenvalue weighted by Gasteiger charge is -2.44. The molecule has 7 heteroatoms. The summed E-state index contributed by atoms with van der Waals surface area (Å²) in [6.07, 6.45) is 4.19. The predicted octanol–water partition coefficient (Wildman–Crippen LogP) is 5.97. The summed E-state index contributed by atoms with van der Waals surface area (Å²) in [4.78, 5) is 18.2. The average Bonchev–Trinajstić information content (AvgIpc) is 3.59. The second-order valence-corrected chi connectivity index (χ2v) is 11.6. The summed E-state index contributed by atoms with van der Waals surface area (Å²) in [5, 5.41) is 8.06. The highest BCUT2D eigenvalue weighted by Crippen LogP contribution is 2.49. The van der Waals surface area contributed by atoms with Gasteiger partial charge in [0.05, 0.1) is 6.61 Å². The van der Waals surface area contributed by atoms with E-state index in [1.54, 1.807) is 6.92 Å². The normalized spacial score (nSPS) is 17.9. The minimum atomic E-state index is 0.0539. The van der Waals surface area contributed by atoms with Crippen LogP contribution in [0, 0.1) is 13.8 Å². The zero-order valence-electron chi connectivity index (χ0n) is 23.4. The molecule has 40 heavy (non-hydrogen) atoms. The maximum Gasteiger partial charge on any atom is 0.258 e. The number of anilines is 1. The summed E-state index contributed by atoms with van der Waals surface area (Å²) >= 11 is 0. The van der Waals surface area contributed by atoms with Crippen LogP contribution in [0.1, 0.15) is 52.2 Å². The maximum absolute atomic E-state index is 13.8. The number of piperidine rings is 1. The molecule has 3 aromatic carbocycles. The van der Waals surface area contributed by atoms with Crippen molar-refractivity contribution in [3.8, 4) is 28.3 Å². The summed E-state index contributed by atoms with van der Waals surface area (Å²) in [5.41, 5.74) is 8.61. The third-order valence-electron chi connectivity index (χ3n) is 9.12. The highest BCUT2D eigenvalue weighted by molar-refractivity contribution is 6.07. The Balaban J connectivity index is 1.14. The number of aromatic nitrogens is 2. The van der Waals surface area contributed by atoms with Crippen LogP contribution in [0.5, 0.6) is 5.75 Å². The molecule has 0 saturated carbocycles. The first-order valence-corrected chi connectivity index (χ1v) is 14.2. The summed E-state index contributed by atoms with van der Waals surface area (Å²) in [6.45, 7) is 7.54. The molecule has 1 aromatic heterocycles. The molecule has 1 spiro atoms. The van der Waals surface area contributed by atoms with E-state index in [9.17, 15) is 4.79 Å². The number of hydrogen-bond donors (Lipinski definition) is 0. The smallest absolute Gasteiger partial charge is 0.258 e. The molecule has 3 aliphatic rings. The first kappa shape index (κ1) is 25.0. The van der Waals surface area contributed by atoms with Gasteiger partial charge in [0.25, 0.3) is 5.91 Å². The molecule has 0 aliphatic carbocycles. The second-order valence-electron chi connectivity index (χ2n) is 11.6. The molecule has 1 saturated heterocycles. The number of fused-ring (bicyclic) bond motifs is 3. The van der Waals surface area contributed by atoms with Crippen molar-refractivity contribution >= 4 is 11.6 Å². The van der Waals surface area contributed by atoms with Crippen LogP contribution in [0.25, 0.3) is 22.6 Å². The van der Waals surface area contributed by atoms with Gasteiger partial charge in [0, 0.05) is 41.3 Å². The Morgan fingerprint density at radius 3 is 2.40 bits per heavy atom. The second kappa shape index (κ2) is 9.59. The Bertz CT molecular complexity index is 1600. The van der Waals surface area contributed by atoms with Gasteiger partial charge < -0.3 is 19.0 Å². The Hall–Kier alpha value is -3.97. The molecular formula is C33H34N4O3. The zero-order chi connectivity index (χ0) is 27.4. The van der Waals surface area contributed by atoms with Crippen molar-refractivity contribution in [2.75, 3.05) is 38.2 Å². The molecule has 7 rings (SSSR count). The van der Waals surface area contributed by atoms with E-state index in [0.29, 0.717) is 23.9 Å². The van der Waals surface area contributed by atoms with Crippen molar-refractivity contribution in [3.63, 3.8) is 0 Å². The number of amides is 1. The fourth-order valence-electron chi connectivity index (χ4n) is 6.70. The Morgan fingerprint density at radius 1 is 0.900 bits per heavy atom. The Labute approximate surface area is 234 Å². The lowest BCUT2D eigenvalue weighted by Crippen LogP contribution is -2.43. The highest BCUT2D eigenvalue weighted by Gasteiger charge is 2.41. The van der Waals surface area contributed by atoms with E-state index >= 15 is 0 Å². The minimum Gasteiger partial charge on any atom is -0.493 e. The molecule has 3 aliphatic heterocycles.